The molecule has 8 nitrogen and oxygen atoms in total. The molecule has 24 heavy (non-hydrogen) atoms. The molecule has 0 aromatic carbocycles. The van der Waals surface area contributed by atoms with Gasteiger partial charge in [-0.3, -0.25) is 14.8 Å². The fourth-order valence-electron chi connectivity index (χ4n) is 3.20. The first-order valence-electron chi connectivity index (χ1n) is 7.53. The Morgan fingerprint density at radius 1 is 1.21 bits per heavy atom. The van der Waals surface area contributed by atoms with Gasteiger partial charge in [0.1, 0.15) is 0 Å². The summed E-state index contributed by atoms with van der Waals surface area (Å²) in [5.41, 5.74) is 1.75. The maximum Gasteiger partial charge on any atom is 0.277 e. The predicted molar refractivity (Wildman–Crippen MR) is 86.1 cm³/mol. The van der Waals surface area contributed by atoms with Crippen LogP contribution in [0.2, 0.25) is 0 Å². The number of anilines is 1. The van der Waals surface area contributed by atoms with Crippen molar-refractivity contribution in [2.45, 2.75) is 6.04 Å². The largest absolute Gasteiger partial charge is 0.348 e. The number of hydroxylamine groups is 1. The zero-order chi connectivity index (χ0) is 16.7. The molecular weight excluding hydrogens is 330 g/mol. The SMILES string of the molecule is O=C(NO)c1cnc(N2C[C@@H]3C(NC(=O)c4cccs4)[C@@H]3C2)nc1. The highest BCUT2D eigenvalue weighted by molar-refractivity contribution is 7.12. The van der Waals surface area contributed by atoms with E-state index in [9.17, 15) is 9.59 Å². The van der Waals surface area contributed by atoms with Gasteiger partial charge in [0.15, 0.2) is 0 Å². The molecule has 3 N–H and O–H groups in total. The van der Waals surface area contributed by atoms with Crippen LogP contribution < -0.4 is 15.7 Å². The molecule has 1 saturated carbocycles. The predicted octanol–water partition coefficient (Wildman–Crippen LogP) is 0.522. The minimum atomic E-state index is -0.637. The number of amides is 2. The van der Waals surface area contributed by atoms with Gasteiger partial charge in [0, 0.05) is 43.4 Å². The van der Waals surface area contributed by atoms with E-state index >= 15 is 0 Å². The van der Waals surface area contributed by atoms with E-state index in [0.717, 1.165) is 18.0 Å². The molecule has 0 radical (unpaired) electrons. The van der Waals surface area contributed by atoms with E-state index in [-0.39, 0.29) is 17.5 Å². The molecule has 2 aromatic heterocycles. The van der Waals surface area contributed by atoms with Crippen molar-refractivity contribution in [3.8, 4) is 0 Å². The van der Waals surface area contributed by atoms with Gasteiger partial charge in [-0.05, 0) is 11.4 Å². The highest BCUT2D eigenvalue weighted by atomic mass is 32.1. The minimum Gasteiger partial charge on any atom is -0.348 e. The number of aromatic nitrogens is 2. The first-order valence-corrected chi connectivity index (χ1v) is 8.41. The van der Waals surface area contributed by atoms with Gasteiger partial charge in [-0.2, -0.15) is 0 Å². The number of carbonyl (C=O) groups is 2. The van der Waals surface area contributed by atoms with Crippen molar-refractivity contribution in [1.82, 2.24) is 20.8 Å². The molecule has 2 aromatic rings. The van der Waals surface area contributed by atoms with Gasteiger partial charge in [-0.25, -0.2) is 15.4 Å². The maximum absolute atomic E-state index is 12.1. The lowest BCUT2D eigenvalue weighted by Crippen LogP contribution is -2.35. The van der Waals surface area contributed by atoms with Crippen molar-refractivity contribution in [3.05, 3.63) is 40.3 Å². The highest BCUT2D eigenvalue weighted by Crippen LogP contribution is 2.46. The van der Waals surface area contributed by atoms with E-state index in [1.165, 1.54) is 23.7 Å². The Morgan fingerprint density at radius 2 is 1.92 bits per heavy atom. The minimum absolute atomic E-state index is 0.00781. The van der Waals surface area contributed by atoms with Gasteiger partial charge in [-0.15, -0.1) is 11.3 Å². The Morgan fingerprint density at radius 3 is 2.50 bits per heavy atom. The lowest BCUT2D eigenvalue weighted by atomic mass is 10.3. The molecule has 2 fully saturated rings. The van der Waals surface area contributed by atoms with Crippen molar-refractivity contribution in [3.63, 3.8) is 0 Å². The lowest BCUT2D eigenvalue weighted by molar-refractivity contribution is 0.0705. The number of thiophene rings is 1. The molecule has 1 aliphatic heterocycles. The molecule has 2 aliphatic rings. The quantitative estimate of drug-likeness (QED) is 0.551. The lowest BCUT2D eigenvalue weighted by Gasteiger charge is -2.20. The van der Waals surface area contributed by atoms with E-state index in [1.54, 1.807) is 5.48 Å². The third-order valence-electron chi connectivity index (χ3n) is 4.52. The van der Waals surface area contributed by atoms with Crippen molar-refractivity contribution in [1.29, 1.82) is 0 Å². The summed E-state index contributed by atoms with van der Waals surface area (Å²) in [5, 5.41) is 13.6. The third-order valence-corrected chi connectivity index (χ3v) is 5.39. The van der Waals surface area contributed by atoms with Crippen LogP contribution >= 0.6 is 11.3 Å². The molecule has 0 bridgehead atoms. The van der Waals surface area contributed by atoms with Gasteiger partial charge >= 0.3 is 0 Å². The first-order chi connectivity index (χ1) is 11.7. The van der Waals surface area contributed by atoms with Crippen LogP contribution in [0.25, 0.3) is 0 Å². The first kappa shape index (κ1) is 15.0. The molecule has 1 aliphatic carbocycles. The van der Waals surface area contributed by atoms with Crippen LogP contribution in [0.15, 0.2) is 29.9 Å². The third kappa shape index (κ3) is 2.61. The molecule has 3 atom stereocenters. The fraction of sp³-hybridized carbons (Fsp3) is 0.333. The van der Waals surface area contributed by atoms with Crippen molar-refractivity contribution >= 4 is 29.1 Å². The second-order valence-corrected chi connectivity index (χ2v) is 6.87. The summed E-state index contributed by atoms with van der Waals surface area (Å²) in [7, 11) is 0. The zero-order valence-corrected chi connectivity index (χ0v) is 13.4. The second kappa shape index (κ2) is 5.84. The van der Waals surface area contributed by atoms with Gasteiger partial charge in [-0.1, -0.05) is 6.07 Å². The Kier molecular flexibility index (Phi) is 3.66. The summed E-state index contributed by atoms with van der Waals surface area (Å²) in [6, 6.07) is 3.91. The molecule has 1 saturated heterocycles. The Labute approximate surface area is 141 Å². The summed E-state index contributed by atoms with van der Waals surface area (Å²) >= 11 is 1.44. The van der Waals surface area contributed by atoms with Crippen LogP contribution in [0.5, 0.6) is 0 Å². The Balaban J connectivity index is 1.33. The van der Waals surface area contributed by atoms with Crippen LogP contribution in [-0.2, 0) is 0 Å². The van der Waals surface area contributed by atoms with Gasteiger partial charge in [0.2, 0.25) is 5.95 Å². The summed E-state index contributed by atoms with van der Waals surface area (Å²) in [6.45, 7) is 1.57. The molecule has 124 valence electrons. The van der Waals surface area contributed by atoms with Gasteiger partial charge in [0.05, 0.1) is 10.4 Å². The molecule has 9 heteroatoms. The van der Waals surface area contributed by atoms with E-state index < -0.39 is 5.91 Å². The second-order valence-electron chi connectivity index (χ2n) is 5.92. The van der Waals surface area contributed by atoms with E-state index in [1.807, 2.05) is 22.4 Å². The molecule has 4 rings (SSSR count). The average Bonchev–Trinajstić information content (AvgIpc) is 3.08. The van der Waals surface area contributed by atoms with Gasteiger partial charge in [0.25, 0.3) is 11.8 Å². The van der Waals surface area contributed by atoms with E-state index in [4.69, 9.17) is 5.21 Å². The summed E-state index contributed by atoms with van der Waals surface area (Å²) in [4.78, 5) is 34.4. The molecule has 3 heterocycles. The fourth-order valence-corrected chi connectivity index (χ4v) is 3.83. The normalized spacial score (nSPS) is 24.4. The van der Waals surface area contributed by atoms with Crippen molar-refractivity contribution in [2.75, 3.05) is 18.0 Å². The summed E-state index contributed by atoms with van der Waals surface area (Å²) < 4.78 is 0. The molecule has 2 amide bonds. The van der Waals surface area contributed by atoms with Crippen LogP contribution in [-0.4, -0.2) is 46.1 Å². The van der Waals surface area contributed by atoms with E-state index in [0.29, 0.717) is 17.8 Å². The number of hydrogen-bond donors (Lipinski definition) is 3. The maximum atomic E-state index is 12.1. The number of hydrogen-bond acceptors (Lipinski definition) is 7. The number of rotatable bonds is 4. The zero-order valence-electron chi connectivity index (χ0n) is 12.5. The Hall–Kier alpha value is -2.52. The smallest absolute Gasteiger partial charge is 0.277 e. The van der Waals surface area contributed by atoms with Crippen LogP contribution in [0.3, 0.4) is 0 Å². The number of carbonyl (C=O) groups excluding carboxylic acids is 2. The Bertz CT molecular complexity index is 752. The average molecular weight is 345 g/mol. The van der Waals surface area contributed by atoms with Crippen LogP contribution in [0, 0.1) is 11.8 Å². The molecular formula is C15H15N5O3S. The van der Waals surface area contributed by atoms with Crippen LogP contribution in [0.1, 0.15) is 20.0 Å². The van der Waals surface area contributed by atoms with E-state index in [2.05, 4.69) is 15.3 Å². The molecule has 0 spiro atoms. The topological polar surface area (TPSA) is 107 Å². The molecule has 1 unspecified atom stereocenters. The van der Waals surface area contributed by atoms with Crippen molar-refractivity contribution < 1.29 is 14.8 Å². The monoisotopic (exact) mass is 345 g/mol. The standard InChI is InChI=1S/C15H15N5O3S/c21-13(19-23)8-4-16-15(17-5-8)20-6-9-10(7-20)12(9)18-14(22)11-2-1-3-24-11/h1-5,9-10,12,23H,6-7H2,(H,18,22)(H,19,21)/t9-,10+,12?. The van der Waals surface area contributed by atoms with Crippen molar-refractivity contribution in [2.24, 2.45) is 11.8 Å². The number of fused-ring (bicyclic) bond motifs is 1. The number of piperidine rings is 1. The highest BCUT2D eigenvalue weighted by Gasteiger charge is 2.57. The van der Waals surface area contributed by atoms with Crippen LogP contribution in [0.4, 0.5) is 5.95 Å². The number of nitrogens with zero attached hydrogens (tertiary/aromatic N) is 3. The summed E-state index contributed by atoms with van der Waals surface area (Å²) in [5.74, 6) is 0.740. The van der Waals surface area contributed by atoms with Gasteiger partial charge < -0.3 is 10.2 Å². The number of nitrogens with one attached hydrogen (secondary N) is 2. The summed E-state index contributed by atoms with van der Waals surface area (Å²) in [6.07, 6.45) is 2.77.